The molecule has 0 spiro atoms. The minimum absolute atomic E-state index is 0.122. The lowest BCUT2D eigenvalue weighted by Crippen LogP contribution is -2.39. The van der Waals surface area contributed by atoms with Crippen molar-refractivity contribution in [3.05, 3.63) is 70.0 Å². The molecule has 2 aromatic heterocycles. The number of hydrogen-bond donors (Lipinski definition) is 1. The Morgan fingerprint density at radius 1 is 1.08 bits per heavy atom. The largest absolute Gasteiger partial charge is 0.342 e. The molecule has 0 atom stereocenters. The van der Waals surface area contributed by atoms with Crippen LogP contribution in [0.2, 0.25) is 0 Å². The molecule has 1 N–H and O–H groups in total. The second-order valence-corrected chi connectivity index (χ2v) is 12.1. The fourth-order valence-electron chi connectivity index (χ4n) is 4.15. The maximum absolute atomic E-state index is 13.2. The van der Waals surface area contributed by atoms with E-state index in [1.165, 1.54) is 16.9 Å². The number of amides is 2. The number of benzene rings is 1. The lowest BCUT2D eigenvalue weighted by atomic mass is 9.90. The van der Waals surface area contributed by atoms with Gasteiger partial charge in [0.1, 0.15) is 5.01 Å². The molecule has 4 rings (SSSR count). The maximum atomic E-state index is 13.2. The molecule has 1 aliphatic rings. The van der Waals surface area contributed by atoms with Crippen LogP contribution in [0.4, 0.5) is 5.13 Å². The SMILES string of the molecule is Cc1ccc(C(=O)Nc2nnc(C(C)(C)C)s2)c(C2CCN(C(=O)CSCc3ccccc3)CC2)n1. The number of nitrogens with zero attached hydrogens (tertiary/aromatic N) is 4. The van der Waals surface area contributed by atoms with Gasteiger partial charge in [0.05, 0.1) is 17.0 Å². The fourth-order valence-corrected chi connectivity index (χ4v) is 5.83. The van der Waals surface area contributed by atoms with E-state index < -0.39 is 0 Å². The number of thioether (sulfide) groups is 1. The highest BCUT2D eigenvalue weighted by molar-refractivity contribution is 7.99. The van der Waals surface area contributed by atoms with Gasteiger partial charge in [0.2, 0.25) is 11.0 Å². The predicted octanol–water partition coefficient (Wildman–Crippen LogP) is 5.43. The van der Waals surface area contributed by atoms with Gasteiger partial charge in [-0.15, -0.1) is 22.0 Å². The number of rotatable bonds is 7. The standard InChI is InChI=1S/C27H33N5O2S2/c1-18-10-11-21(24(34)29-26-31-30-25(36-26)27(2,3)4)23(28-18)20-12-14-32(15-13-20)22(33)17-35-16-19-8-6-5-7-9-19/h5-11,20H,12-17H2,1-4H3,(H,29,31,34). The molecule has 0 saturated carbocycles. The van der Waals surface area contributed by atoms with Gasteiger partial charge in [-0.05, 0) is 37.5 Å². The number of aryl methyl sites for hydroxylation is 1. The summed E-state index contributed by atoms with van der Waals surface area (Å²) < 4.78 is 0. The Labute approximate surface area is 221 Å². The number of likely N-dealkylation sites (tertiary alicyclic amines) is 1. The number of nitrogens with one attached hydrogen (secondary N) is 1. The van der Waals surface area contributed by atoms with Gasteiger partial charge in [0.15, 0.2) is 0 Å². The molecular weight excluding hydrogens is 490 g/mol. The molecule has 1 aliphatic heterocycles. The van der Waals surface area contributed by atoms with Crippen molar-refractivity contribution >= 4 is 40.0 Å². The zero-order chi connectivity index (χ0) is 25.7. The van der Waals surface area contributed by atoms with Crippen LogP contribution in [0.1, 0.15) is 71.8 Å². The molecule has 0 aliphatic carbocycles. The van der Waals surface area contributed by atoms with Crippen LogP contribution in [-0.2, 0) is 16.0 Å². The molecular formula is C27H33N5O2S2. The number of carbonyl (C=O) groups excluding carboxylic acids is 2. The van der Waals surface area contributed by atoms with Crippen molar-refractivity contribution in [1.29, 1.82) is 0 Å². The van der Waals surface area contributed by atoms with Crippen LogP contribution < -0.4 is 5.32 Å². The van der Waals surface area contributed by atoms with Crippen molar-refractivity contribution in [3.63, 3.8) is 0 Å². The van der Waals surface area contributed by atoms with Crippen molar-refractivity contribution in [2.75, 3.05) is 24.2 Å². The third-order valence-electron chi connectivity index (χ3n) is 6.17. The van der Waals surface area contributed by atoms with Crippen LogP contribution in [0.3, 0.4) is 0 Å². The van der Waals surface area contributed by atoms with Crippen LogP contribution in [0.15, 0.2) is 42.5 Å². The third kappa shape index (κ3) is 6.70. The Kier molecular flexibility index (Phi) is 8.41. The molecule has 1 aromatic carbocycles. The molecule has 7 nitrogen and oxygen atoms in total. The normalized spacial score (nSPS) is 14.6. The van der Waals surface area contributed by atoms with E-state index in [-0.39, 0.29) is 23.1 Å². The van der Waals surface area contributed by atoms with Crippen LogP contribution in [-0.4, -0.2) is 50.7 Å². The summed E-state index contributed by atoms with van der Waals surface area (Å²) in [6.07, 6.45) is 1.58. The van der Waals surface area contributed by atoms with Gasteiger partial charge in [-0.25, -0.2) is 0 Å². The van der Waals surface area contributed by atoms with Gasteiger partial charge in [-0.3, -0.25) is 19.9 Å². The summed E-state index contributed by atoms with van der Waals surface area (Å²) in [6, 6.07) is 13.9. The van der Waals surface area contributed by atoms with Crippen molar-refractivity contribution in [2.24, 2.45) is 0 Å². The Morgan fingerprint density at radius 3 is 2.47 bits per heavy atom. The summed E-state index contributed by atoms with van der Waals surface area (Å²) in [5.41, 5.74) is 3.36. The quantitative estimate of drug-likeness (QED) is 0.444. The highest BCUT2D eigenvalue weighted by atomic mass is 32.2. The first-order valence-corrected chi connectivity index (χ1v) is 14.2. The minimum Gasteiger partial charge on any atom is -0.342 e. The first-order valence-electron chi connectivity index (χ1n) is 12.2. The zero-order valence-corrected chi connectivity index (χ0v) is 22.9. The Hall–Kier alpha value is -2.78. The van der Waals surface area contributed by atoms with Gasteiger partial charge in [-0.2, -0.15) is 0 Å². The topological polar surface area (TPSA) is 88.1 Å². The number of hydrogen-bond acceptors (Lipinski definition) is 7. The van der Waals surface area contributed by atoms with E-state index in [9.17, 15) is 9.59 Å². The second-order valence-electron chi connectivity index (χ2n) is 10.1. The van der Waals surface area contributed by atoms with Crippen LogP contribution in [0, 0.1) is 6.92 Å². The van der Waals surface area contributed by atoms with E-state index in [2.05, 4.69) is 48.4 Å². The fraction of sp³-hybridized carbons (Fsp3) is 0.444. The van der Waals surface area contributed by atoms with Crippen molar-refractivity contribution in [2.45, 2.75) is 57.6 Å². The summed E-state index contributed by atoms with van der Waals surface area (Å²) in [7, 11) is 0. The smallest absolute Gasteiger partial charge is 0.259 e. The molecule has 36 heavy (non-hydrogen) atoms. The van der Waals surface area contributed by atoms with Gasteiger partial charge in [0.25, 0.3) is 5.91 Å². The second kappa shape index (κ2) is 11.5. The molecule has 2 amide bonds. The molecule has 3 aromatic rings. The van der Waals surface area contributed by atoms with E-state index in [4.69, 9.17) is 4.98 Å². The molecule has 9 heteroatoms. The van der Waals surface area contributed by atoms with E-state index in [0.29, 0.717) is 29.5 Å². The molecule has 0 radical (unpaired) electrons. The highest BCUT2D eigenvalue weighted by Gasteiger charge is 2.28. The van der Waals surface area contributed by atoms with Crippen molar-refractivity contribution < 1.29 is 9.59 Å². The summed E-state index contributed by atoms with van der Waals surface area (Å²) >= 11 is 3.05. The molecule has 3 heterocycles. The van der Waals surface area contributed by atoms with Crippen LogP contribution in [0.5, 0.6) is 0 Å². The molecule has 190 valence electrons. The Bertz CT molecular complexity index is 1200. The van der Waals surface area contributed by atoms with Crippen LogP contribution in [0.25, 0.3) is 0 Å². The summed E-state index contributed by atoms with van der Waals surface area (Å²) in [4.78, 5) is 32.6. The minimum atomic E-state index is -0.218. The predicted molar refractivity (Wildman–Crippen MR) is 147 cm³/mol. The summed E-state index contributed by atoms with van der Waals surface area (Å²) in [6.45, 7) is 9.50. The molecule has 0 unspecified atom stereocenters. The third-order valence-corrected chi connectivity index (χ3v) is 8.42. The maximum Gasteiger partial charge on any atom is 0.259 e. The first-order chi connectivity index (χ1) is 17.2. The van der Waals surface area contributed by atoms with E-state index >= 15 is 0 Å². The average Bonchev–Trinajstić information content (AvgIpc) is 3.34. The number of carbonyl (C=O) groups is 2. The first kappa shape index (κ1) is 26.3. The van der Waals surface area contributed by atoms with Crippen molar-refractivity contribution in [3.8, 4) is 0 Å². The number of piperidine rings is 1. The molecule has 0 bridgehead atoms. The summed E-state index contributed by atoms with van der Waals surface area (Å²) in [5.74, 6) is 1.40. The van der Waals surface area contributed by atoms with Crippen molar-refractivity contribution in [1.82, 2.24) is 20.1 Å². The monoisotopic (exact) mass is 523 g/mol. The molecule has 1 saturated heterocycles. The van der Waals surface area contributed by atoms with E-state index in [0.717, 1.165) is 35.0 Å². The Morgan fingerprint density at radius 2 is 1.81 bits per heavy atom. The van der Waals surface area contributed by atoms with E-state index in [1.807, 2.05) is 42.2 Å². The number of pyridine rings is 1. The summed E-state index contributed by atoms with van der Waals surface area (Å²) in [5, 5.41) is 12.7. The highest BCUT2D eigenvalue weighted by Crippen LogP contribution is 2.31. The number of aromatic nitrogens is 3. The van der Waals surface area contributed by atoms with Crippen LogP contribution >= 0.6 is 23.1 Å². The van der Waals surface area contributed by atoms with Gasteiger partial charge < -0.3 is 4.90 Å². The average molecular weight is 524 g/mol. The van der Waals surface area contributed by atoms with Gasteiger partial charge >= 0.3 is 0 Å². The van der Waals surface area contributed by atoms with Gasteiger partial charge in [0, 0.05) is 35.9 Å². The Balaban J connectivity index is 1.36. The lowest BCUT2D eigenvalue weighted by Gasteiger charge is -2.32. The van der Waals surface area contributed by atoms with E-state index in [1.54, 1.807) is 11.8 Å². The lowest BCUT2D eigenvalue weighted by molar-refractivity contribution is -0.129. The number of anilines is 1. The molecule has 1 fully saturated rings. The van der Waals surface area contributed by atoms with Gasteiger partial charge in [-0.1, -0.05) is 62.4 Å². The zero-order valence-electron chi connectivity index (χ0n) is 21.3.